The van der Waals surface area contributed by atoms with E-state index in [9.17, 15) is 4.79 Å². The molecule has 2 rings (SSSR count). The van der Waals surface area contributed by atoms with E-state index in [0.717, 1.165) is 50.1 Å². The molecule has 1 amide bonds. The Morgan fingerprint density at radius 3 is 2.95 bits per heavy atom. The van der Waals surface area contributed by atoms with Crippen LogP contribution in [0.1, 0.15) is 37.3 Å². The largest absolute Gasteiger partial charge is 0.326 e. The van der Waals surface area contributed by atoms with Crippen LogP contribution in [-0.4, -0.2) is 30.4 Å². The minimum Gasteiger partial charge on any atom is -0.326 e. The molecule has 0 saturated carbocycles. The van der Waals surface area contributed by atoms with Crippen LogP contribution in [0.3, 0.4) is 0 Å². The molecule has 0 bridgehead atoms. The first-order chi connectivity index (χ1) is 10.2. The number of rotatable bonds is 8. The molecule has 0 radical (unpaired) electrons. The molecule has 1 heterocycles. The van der Waals surface area contributed by atoms with Crippen molar-refractivity contribution in [1.29, 1.82) is 5.26 Å². The van der Waals surface area contributed by atoms with E-state index in [4.69, 9.17) is 5.26 Å². The van der Waals surface area contributed by atoms with E-state index in [1.165, 1.54) is 5.56 Å². The van der Waals surface area contributed by atoms with Gasteiger partial charge in [0.25, 0.3) is 0 Å². The summed E-state index contributed by atoms with van der Waals surface area (Å²) in [6.45, 7) is 5.22. The second-order valence-corrected chi connectivity index (χ2v) is 5.52. The highest BCUT2D eigenvalue weighted by Crippen LogP contribution is 2.26. The van der Waals surface area contributed by atoms with Gasteiger partial charge in [-0.25, -0.2) is 0 Å². The monoisotopic (exact) mass is 285 g/mol. The minimum atomic E-state index is 0.0943. The van der Waals surface area contributed by atoms with Crippen LogP contribution in [0.5, 0.6) is 0 Å². The average Bonchev–Trinajstić information content (AvgIpc) is 2.85. The molecule has 1 aliphatic rings. The van der Waals surface area contributed by atoms with Crippen molar-refractivity contribution in [3.63, 3.8) is 0 Å². The zero-order chi connectivity index (χ0) is 15.1. The quantitative estimate of drug-likeness (QED) is 0.747. The second-order valence-electron chi connectivity index (χ2n) is 5.52. The molecule has 0 saturated heterocycles. The summed E-state index contributed by atoms with van der Waals surface area (Å²) >= 11 is 0. The summed E-state index contributed by atoms with van der Waals surface area (Å²) in [6.07, 6.45) is 4.15. The van der Waals surface area contributed by atoms with Gasteiger partial charge in [0.15, 0.2) is 0 Å². The average molecular weight is 285 g/mol. The number of carbonyl (C=O) groups excluding carboxylic acids is 1. The first-order valence-electron chi connectivity index (χ1n) is 7.74. The Bertz CT molecular complexity index is 533. The number of nitrogens with one attached hydrogen (secondary N) is 1. The van der Waals surface area contributed by atoms with Crippen LogP contribution in [0.25, 0.3) is 0 Å². The lowest BCUT2D eigenvalue weighted by atomic mass is 10.0. The molecule has 4 heteroatoms. The number of carbonyl (C=O) groups is 1. The fraction of sp³-hybridized carbons (Fsp3) is 0.529. The summed E-state index contributed by atoms with van der Waals surface area (Å²) in [5.41, 5.74) is 3.41. The second kappa shape index (κ2) is 7.80. The van der Waals surface area contributed by atoms with Crippen LogP contribution < -0.4 is 5.32 Å². The van der Waals surface area contributed by atoms with Crippen LogP contribution in [0.15, 0.2) is 18.2 Å². The zero-order valence-corrected chi connectivity index (χ0v) is 12.7. The fourth-order valence-electron chi connectivity index (χ4n) is 2.86. The smallest absolute Gasteiger partial charge is 0.228 e. The van der Waals surface area contributed by atoms with Crippen molar-refractivity contribution in [1.82, 2.24) is 4.90 Å². The number of hydrogen-bond donors (Lipinski definition) is 1. The molecule has 1 aromatic rings. The molecular weight excluding hydrogens is 262 g/mol. The Balaban J connectivity index is 1.93. The van der Waals surface area contributed by atoms with E-state index in [2.05, 4.69) is 29.3 Å². The Kier molecular flexibility index (Phi) is 5.77. The topological polar surface area (TPSA) is 56.1 Å². The Morgan fingerprint density at radius 1 is 1.33 bits per heavy atom. The molecule has 1 aromatic carbocycles. The number of benzene rings is 1. The van der Waals surface area contributed by atoms with Crippen molar-refractivity contribution >= 4 is 11.6 Å². The number of anilines is 1. The lowest BCUT2D eigenvalue weighted by Gasteiger charge is -2.21. The van der Waals surface area contributed by atoms with Gasteiger partial charge in [0.1, 0.15) is 0 Å². The lowest BCUT2D eigenvalue weighted by molar-refractivity contribution is -0.115. The molecule has 0 aliphatic carbocycles. The van der Waals surface area contributed by atoms with E-state index in [1.807, 2.05) is 12.1 Å². The van der Waals surface area contributed by atoms with Gasteiger partial charge < -0.3 is 10.2 Å². The highest BCUT2D eigenvalue weighted by molar-refractivity contribution is 5.99. The normalized spacial score (nSPS) is 13.1. The van der Waals surface area contributed by atoms with Crippen molar-refractivity contribution in [2.45, 2.75) is 39.0 Å². The third-order valence-corrected chi connectivity index (χ3v) is 3.88. The van der Waals surface area contributed by atoms with Gasteiger partial charge in [0.05, 0.1) is 12.5 Å². The fourth-order valence-corrected chi connectivity index (χ4v) is 2.86. The standard InChI is InChI=1S/C17H23N3O/c1-2-10-20(11-4-3-9-18)12-8-14-6-5-7-16-15(14)13-17(21)19-16/h5-7H,2-4,8,10-13H2,1H3,(H,19,21). The van der Waals surface area contributed by atoms with E-state index >= 15 is 0 Å². The minimum absolute atomic E-state index is 0.0943. The maximum atomic E-state index is 11.5. The maximum absolute atomic E-state index is 11.5. The van der Waals surface area contributed by atoms with Gasteiger partial charge in [-0.3, -0.25) is 4.79 Å². The molecule has 1 N–H and O–H groups in total. The molecule has 21 heavy (non-hydrogen) atoms. The molecule has 4 nitrogen and oxygen atoms in total. The van der Waals surface area contributed by atoms with Crippen LogP contribution in [0.4, 0.5) is 5.69 Å². The summed E-state index contributed by atoms with van der Waals surface area (Å²) in [4.78, 5) is 13.9. The van der Waals surface area contributed by atoms with Gasteiger partial charge >= 0.3 is 0 Å². The predicted molar refractivity (Wildman–Crippen MR) is 84.1 cm³/mol. The number of hydrogen-bond acceptors (Lipinski definition) is 3. The number of amides is 1. The Morgan fingerprint density at radius 2 is 2.19 bits per heavy atom. The third-order valence-electron chi connectivity index (χ3n) is 3.88. The molecule has 0 spiro atoms. The van der Waals surface area contributed by atoms with Gasteiger partial charge in [0, 0.05) is 18.7 Å². The van der Waals surface area contributed by atoms with Crippen molar-refractivity contribution in [2.24, 2.45) is 0 Å². The van der Waals surface area contributed by atoms with E-state index in [1.54, 1.807) is 0 Å². The Labute approximate surface area is 126 Å². The zero-order valence-electron chi connectivity index (χ0n) is 12.7. The summed E-state index contributed by atoms with van der Waals surface area (Å²) in [7, 11) is 0. The van der Waals surface area contributed by atoms with Gasteiger partial charge in [-0.1, -0.05) is 19.1 Å². The summed E-state index contributed by atoms with van der Waals surface area (Å²) in [5, 5.41) is 11.5. The van der Waals surface area contributed by atoms with Gasteiger partial charge in [-0.2, -0.15) is 5.26 Å². The van der Waals surface area contributed by atoms with Crippen LogP contribution in [-0.2, 0) is 17.6 Å². The van der Waals surface area contributed by atoms with Crippen LogP contribution in [0, 0.1) is 11.3 Å². The lowest BCUT2D eigenvalue weighted by Crippen LogP contribution is -2.28. The van der Waals surface area contributed by atoms with E-state index < -0.39 is 0 Å². The number of nitriles is 1. The molecule has 0 unspecified atom stereocenters. The Hall–Kier alpha value is -1.86. The number of fused-ring (bicyclic) bond motifs is 1. The van der Waals surface area contributed by atoms with Crippen LogP contribution in [0.2, 0.25) is 0 Å². The third kappa shape index (κ3) is 4.30. The summed E-state index contributed by atoms with van der Waals surface area (Å²) in [6, 6.07) is 8.32. The maximum Gasteiger partial charge on any atom is 0.228 e. The van der Waals surface area contributed by atoms with Crippen molar-refractivity contribution in [3.05, 3.63) is 29.3 Å². The van der Waals surface area contributed by atoms with Gasteiger partial charge in [0.2, 0.25) is 5.91 Å². The summed E-state index contributed by atoms with van der Waals surface area (Å²) < 4.78 is 0. The molecule has 112 valence electrons. The van der Waals surface area contributed by atoms with Gasteiger partial charge in [-0.15, -0.1) is 0 Å². The van der Waals surface area contributed by atoms with Gasteiger partial charge in [-0.05, 0) is 49.5 Å². The highest BCUT2D eigenvalue weighted by atomic mass is 16.1. The van der Waals surface area contributed by atoms with Crippen molar-refractivity contribution in [3.8, 4) is 6.07 Å². The molecule has 0 fully saturated rings. The SMILES string of the molecule is CCCN(CCCC#N)CCc1cccc2c1CC(=O)N2. The first kappa shape index (κ1) is 15.5. The number of nitrogens with zero attached hydrogens (tertiary/aromatic N) is 2. The molecular formula is C17H23N3O. The van der Waals surface area contributed by atoms with Crippen molar-refractivity contribution < 1.29 is 4.79 Å². The van der Waals surface area contributed by atoms with E-state index in [0.29, 0.717) is 12.8 Å². The summed E-state index contributed by atoms with van der Waals surface area (Å²) in [5.74, 6) is 0.0943. The predicted octanol–water partition coefficient (Wildman–Crippen LogP) is 2.74. The first-order valence-corrected chi connectivity index (χ1v) is 7.74. The van der Waals surface area contributed by atoms with E-state index in [-0.39, 0.29) is 5.91 Å². The molecule has 0 atom stereocenters. The van der Waals surface area contributed by atoms with Crippen molar-refractivity contribution in [2.75, 3.05) is 25.0 Å². The highest BCUT2D eigenvalue weighted by Gasteiger charge is 2.20. The number of unbranched alkanes of at least 4 members (excludes halogenated alkanes) is 1. The molecule has 0 aromatic heterocycles. The van der Waals surface area contributed by atoms with Crippen LogP contribution >= 0.6 is 0 Å². The molecule has 1 aliphatic heterocycles.